The van der Waals surface area contributed by atoms with Crippen LogP contribution in [0, 0.1) is 10.8 Å². The molecule has 7 rings (SSSR count). The number of nitrogens with two attached hydrogens (primary N) is 1. The molecule has 338 valence electrons. The van der Waals surface area contributed by atoms with Gasteiger partial charge >= 0.3 is 0 Å². The first-order chi connectivity index (χ1) is 30.5. The number of pyridine rings is 1. The quantitative estimate of drug-likeness (QED) is 0.104. The summed E-state index contributed by atoms with van der Waals surface area (Å²) in [6.07, 6.45) is 4.49. The minimum absolute atomic E-state index is 0.0245. The third-order valence-corrected chi connectivity index (χ3v) is 12.4. The van der Waals surface area contributed by atoms with E-state index < -0.39 is 47.1 Å². The molecule has 1 spiro atoms. The van der Waals surface area contributed by atoms with E-state index in [2.05, 4.69) is 30.9 Å². The Hall–Kier alpha value is -6.59. The smallest absolute Gasteiger partial charge is 0.274 e. The van der Waals surface area contributed by atoms with Gasteiger partial charge in [-0.15, -0.1) is 0 Å². The lowest BCUT2D eigenvalue weighted by Gasteiger charge is -2.52. The van der Waals surface area contributed by atoms with E-state index in [-0.39, 0.29) is 42.2 Å². The second-order valence-electron chi connectivity index (χ2n) is 17.9. The van der Waals surface area contributed by atoms with E-state index in [0.29, 0.717) is 49.5 Å². The molecule has 3 saturated heterocycles. The number of aromatic nitrogens is 3. The summed E-state index contributed by atoms with van der Waals surface area (Å²) in [4.78, 5) is 62.8. The van der Waals surface area contributed by atoms with Gasteiger partial charge in [0.2, 0.25) is 17.7 Å². The highest BCUT2D eigenvalue weighted by Crippen LogP contribution is 2.43. The lowest BCUT2D eigenvalue weighted by Crippen LogP contribution is -2.64. The van der Waals surface area contributed by atoms with Crippen molar-refractivity contribution in [2.24, 2.45) is 18.2 Å². The molecule has 0 saturated carbocycles. The Labute approximate surface area is 372 Å². The number of carbonyl (C=O) groups is 4. The fraction of sp³-hybridized carbons (Fsp3) is 0.426. The molecule has 3 aliphatic rings. The number of aryl methyl sites for hydroxylation is 1. The number of methoxy groups -OCH3 is 1. The summed E-state index contributed by atoms with van der Waals surface area (Å²) < 4.78 is 13.8. The molecule has 0 unspecified atom stereocenters. The number of nitrogens with zero attached hydrogens (tertiary/aromatic N) is 5. The molecule has 7 N–H and O–H groups in total. The average Bonchev–Trinajstić information content (AvgIpc) is 3.89. The van der Waals surface area contributed by atoms with Crippen molar-refractivity contribution in [3.05, 3.63) is 96.0 Å². The number of hydrogen-bond acceptors (Lipinski definition) is 12. The summed E-state index contributed by atoms with van der Waals surface area (Å²) in [6, 6.07) is 18.0. The molecule has 3 fully saturated rings. The fourth-order valence-electron chi connectivity index (χ4n) is 8.68. The highest BCUT2D eigenvalue weighted by molar-refractivity contribution is 6.04. The Kier molecular flexibility index (Phi) is 13.2. The number of likely N-dealkylation sites (tertiary alicyclic amines) is 1. The van der Waals surface area contributed by atoms with E-state index in [1.807, 2.05) is 77.2 Å². The van der Waals surface area contributed by atoms with Crippen LogP contribution in [0.3, 0.4) is 0 Å². The Morgan fingerprint density at radius 3 is 2.36 bits per heavy atom. The van der Waals surface area contributed by atoms with Gasteiger partial charge in [0.25, 0.3) is 5.91 Å². The van der Waals surface area contributed by atoms with E-state index in [1.165, 1.54) is 18.1 Å². The van der Waals surface area contributed by atoms with Gasteiger partial charge in [-0.3, -0.25) is 23.9 Å². The van der Waals surface area contributed by atoms with E-state index in [1.54, 1.807) is 35.1 Å². The highest BCUT2D eigenvalue weighted by Gasteiger charge is 2.52. The number of rotatable bonds is 13. The Balaban J connectivity index is 0.923. The summed E-state index contributed by atoms with van der Waals surface area (Å²) >= 11 is 0. The van der Waals surface area contributed by atoms with Crippen molar-refractivity contribution in [1.29, 1.82) is 5.41 Å². The van der Waals surface area contributed by atoms with E-state index in [0.717, 1.165) is 28.7 Å². The number of β-amino-alcohol motifs (C(OH)–C–C–N with tert-alkyl or cyclic N) is 1. The van der Waals surface area contributed by atoms with Crippen LogP contribution in [0.2, 0.25) is 0 Å². The average molecular weight is 875 g/mol. The van der Waals surface area contributed by atoms with Gasteiger partial charge in [-0.05, 0) is 72.7 Å². The van der Waals surface area contributed by atoms with E-state index in [4.69, 9.17) is 20.6 Å². The van der Waals surface area contributed by atoms with Crippen LogP contribution in [-0.2, 0) is 26.2 Å². The number of nitrogens with one attached hydrogen (secondary N) is 4. The zero-order valence-electron chi connectivity index (χ0n) is 37.1. The van der Waals surface area contributed by atoms with Crippen LogP contribution < -0.4 is 31.3 Å². The Morgan fingerprint density at radius 1 is 1.02 bits per heavy atom. The molecular formula is C47H58N10O7. The largest absolute Gasteiger partial charge is 0.494 e. The van der Waals surface area contributed by atoms with E-state index in [9.17, 15) is 24.3 Å². The van der Waals surface area contributed by atoms with Crippen LogP contribution in [0.25, 0.3) is 17.0 Å². The molecular weight excluding hydrogens is 817 g/mol. The number of ether oxygens (including phenoxy) is 2. The first-order valence-corrected chi connectivity index (χ1v) is 21.5. The number of hydrogen-bond donors (Lipinski definition) is 6. The van der Waals surface area contributed by atoms with Crippen molar-refractivity contribution in [2.75, 3.05) is 37.0 Å². The SMILES string of the molecule is COc1cc(N2CCC3(CC2)C[C@H](C(=O)N[C@@H](C(=O)N2C[C@@H](O)C[C@@H]2C(=O)N[C@H](C)c2ccc(-c4ccnn4C)cc2)C(C)(C)C)O3)ccc1NC(=O)c1cccc(/C(N)=C/C=N)n1. The monoisotopic (exact) mass is 874 g/mol. The van der Waals surface area contributed by atoms with Crippen LogP contribution >= 0.6 is 0 Å². The van der Waals surface area contributed by atoms with Crippen molar-refractivity contribution < 1.29 is 33.8 Å². The van der Waals surface area contributed by atoms with Crippen molar-refractivity contribution in [1.82, 2.24) is 30.3 Å². The number of carbonyl (C=O) groups excluding carboxylic acids is 4. The first-order valence-electron chi connectivity index (χ1n) is 21.5. The van der Waals surface area contributed by atoms with Gasteiger partial charge in [0.15, 0.2) is 0 Å². The van der Waals surface area contributed by atoms with Gasteiger partial charge in [0, 0.05) is 63.7 Å². The molecule has 5 heterocycles. The maximum absolute atomic E-state index is 14.3. The minimum Gasteiger partial charge on any atom is -0.494 e. The third-order valence-electron chi connectivity index (χ3n) is 12.4. The molecule has 64 heavy (non-hydrogen) atoms. The third kappa shape index (κ3) is 9.80. The fourth-order valence-corrected chi connectivity index (χ4v) is 8.68. The minimum atomic E-state index is -0.974. The molecule has 0 bridgehead atoms. The molecule has 17 nitrogen and oxygen atoms in total. The molecule has 5 atom stereocenters. The number of aliphatic hydroxyl groups is 1. The predicted molar refractivity (Wildman–Crippen MR) is 243 cm³/mol. The molecule has 2 aromatic carbocycles. The number of benzene rings is 2. The van der Waals surface area contributed by atoms with Gasteiger partial charge in [0.1, 0.15) is 29.6 Å². The molecule has 2 aromatic heterocycles. The summed E-state index contributed by atoms with van der Waals surface area (Å²) in [6.45, 7) is 8.73. The zero-order valence-corrected chi connectivity index (χ0v) is 37.1. The number of amides is 4. The van der Waals surface area contributed by atoms with Gasteiger partial charge in [-0.25, -0.2) is 4.98 Å². The number of anilines is 2. The molecule has 0 aliphatic carbocycles. The van der Waals surface area contributed by atoms with Crippen molar-refractivity contribution in [3.8, 4) is 17.0 Å². The van der Waals surface area contributed by atoms with Crippen molar-refractivity contribution in [3.63, 3.8) is 0 Å². The second-order valence-corrected chi connectivity index (χ2v) is 17.9. The van der Waals surface area contributed by atoms with Gasteiger partial charge in [-0.1, -0.05) is 51.1 Å². The standard InChI is InChI=1S/C47H58N10O7/c1-28(29-10-12-30(13-11-29)37-17-21-50-55(37)5)51-43(60)38-25-32(58)27-57(38)45(62)41(46(2,3)4)54-44(61)40-26-47(64-40)18-22-56(23-19-47)31-14-15-35(39(24-31)63-6)53-42(59)36-9-7-8-34(52-36)33(49)16-20-48/h7-17,20-21,24,28,32,38,40-41,48,58H,18-19,22-23,25-27,49H2,1-6H3,(H,51,60)(H,53,59)(H,54,61)/b33-16-,48-20?/t28-,32+,38-,40-,41+/m1/s1. The van der Waals surface area contributed by atoms with Crippen LogP contribution in [-0.4, -0.2) is 111 Å². The summed E-state index contributed by atoms with van der Waals surface area (Å²) in [5.41, 5.74) is 9.78. The Bertz CT molecular complexity index is 2410. The lowest BCUT2D eigenvalue weighted by molar-refractivity contribution is -0.215. The van der Waals surface area contributed by atoms with E-state index >= 15 is 0 Å². The van der Waals surface area contributed by atoms with Crippen molar-refractivity contribution >= 4 is 46.9 Å². The maximum atomic E-state index is 14.3. The predicted octanol–water partition coefficient (Wildman–Crippen LogP) is 4.19. The molecule has 0 radical (unpaired) electrons. The van der Waals surface area contributed by atoms with Crippen LogP contribution in [0.5, 0.6) is 5.75 Å². The summed E-state index contributed by atoms with van der Waals surface area (Å²) in [5, 5.41) is 31.0. The number of allylic oxidation sites excluding steroid dienone is 1. The molecule has 4 aromatic rings. The Morgan fingerprint density at radius 2 is 1.72 bits per heavy atom. The van der Waals surface area contributed by atoms with Crippen LogP contribution in [0.15, 0.2) is 79.0 Å². The van der Waals surface area contributed by atoms with Gasteiger partial charge < -0.3 is 51.5 Å². The van der Waals surface area contributed by atoms with Gasteiger partial charge in [-0.2, -0.15) is 5.10 Å². The molecule has 4 amide bonds. The first kappa shape index (κ1) is 45.4. The number of aliphatic hydroxyl groups excluding tert-OH is 1. The normalized spacial score (nSPS) is 20.5. The van der Waals surface area contributed by atoms with Crippen LogP contribution in [0.1, 0.15) is 81.2 Å². The second kappa shape index (κ2) is 18.6. The summed E-state index contributed by atoms with van der Waals surface area (Å²) in [5.74, 6) is -1.17. The highest BCUT2D eigenvalue weighted by atomic mass is 16.5. The van der Waals surface area contributed by atoms with Crippen molar-refractivity contribution in [2.45, 2.75) is 89.3 Å². The topological polar surface area (TPSA) is 230 Å². The van der Waals surface area contributed by atoms with Gasteiger partial charge in [0.05, 0.1) is 47.6 Å². The van der Waals surface area contributed by atoms with Crippen LogP contribution in [0.4, 0.5) is 11.4 Å². The summed E-state index contributed by atoms with van der Waals surface area (Å²) in [7, 11) is 3.41. The lowest BCUT2D eigenvalue weighted by atomic mass is 9.79. The molecule has 3 aliphatic heterocycles. The maximum Gasteiger partial charge on any atom is 0.274 e. The zero-order chi connectivity index (χ0) is 45.9. The molecule has 17 heteroatoms. The number of piperidine rings is 1.